The van der Waals surface area contributed by atoms with Gasteiger partial charge in [0.25, 0.3) is 5.91 Å². The van der Waals surface area contributed by atoms with Crippen LogP contribution in [0, 0.1) is 13.8 Å². The molecule has 2 heterocycles. The average molecular weight is 422 g/mol. The molecule has 2 aromatic carbocycles. The summed E-state index contributed by atoms with van der Waals surface area (Å²) in [5, 5.41) is 7.71. The number of hydrogen-bond acceptors (Lipinski definition) is 4. The molecule has 0 radical (unpaired) electrons. The number of nitrogens with zero attached hydrogens (tertiary/aromatic N) is 3. The molecule has 0 atom stereocenters. The Morgan fingerprint density at radius 3 is 2.61 bits per heavy atom. The SMILES string of the molecule is Cc1ccc(OC(F)F)c(NC(=O)c2cc(-c3cn(C)nc3C)nc3ccccc23)c1. The van der Waals surface area contributed by atoms with Gasteiger partial charge >= 0.3 is 6.61 Å². The summed E-state index contributed by atoms with van der Waals surface area (Å²) in [6.07, 6.45) is 1.84. The summed E-state index contributed by atoms with van der Waals surface area (Å²) in [7, 11) is 1.81. The highest BCUT2D eigenvalue weighted by Gasteiger charge is 2.18. The zero-order valence-corrected chi connectivity index (χ0v) is 17.2. The van der Waals surface area contributed by atoms with Crippen LogP contribution in [0.5, 0.6) is 5.75 Å². The van der Waals surface area contributed by atoms with Crippen molar-refractivity contribution in [2.45, 2.75) is 20.5 Å². The molecule has 8 heteroatoms. The van der Waals surface area contributed by atoms with Crippen LogP contribution >= 0.6 is 0 Å². The molecule has 0 saturated carbocycles. The van der Waals surface area contributed by atoms with E-state index in [0.29, 0.717) is 22.2 Å². The van der Waals surface area contributed by atoms with Gasteiger partial charge in [-0.1, -0.05) is 24.3 Å². The van der Waals surface area contributed by atoms with Gasteiger partial charge in [-0.15, -0.1) is 0 Å². The second-order valence-electron chi connectivity index (χ2n) is 7.21. The molecule has 2 aromatic heterocycles. The van der Waals surface area contributed by atoms with Crippen molar-refractivity contribution >= 4 is 22.5 Å². The van der Waals surface area contributed by atoms with Gasteiger partial charge in [0.05, 0.1) is 28.2 Å². The summed E-state index contributed by atoms with van der Waals surface area (Å²) >= 11 is 0. The lowest BCUT2D eigenvalue weighted by Gasteiger charge is -2.14. The summed E-state index contributed by atoms with van der Waals surface area (Å²) in [5.41, 5.74) is 4.16. The molecule has 0 unspecified atom stereocenters. The van der Waals surface area contributed by atoms with Crippen LogP contribution in [0.15, 0.2) is 54.7 Å². The van der Waals surface area contributed by atoms with E-state index in [0.717, 1.165) is 16.8 Å². The fraction of sp³-hybridized carbons (Fsp3) is 0.174. The molecule has 0 fully saturated rings. The normalized spacial score (nSPS) is 11.2. The molecule has 4 aromatic rings. The van der Waals surface area contributed by atoms with Gasteiger partial charge in [0.1, 0.15) is 5.75 Å². The summed E-state index contributed by atoms with van der Waals surface area (Å²) in [4.78, 5) is 17.9. The molecular weight excluding hydrogens is 402 g/mol. The molecule has 0 spiro atoms. The number of ether oxygens (including phenoxy) is 1. The number of aryl methyl sites for hydroxylation is 3. The van der Waals surface area contributed by atoms with E-state index in [1.807, 2.05) is 38.4 Å². The number of carbonyl (C=O) groups excluding carboxylic acids is 1. The van der Waals surface area contributed by atoms with E-state index in [2.05, 4.69) is 20.1 Å². The Hall–Kier alpha value is -3.81. The van der Waals surface area contributed by atoms with E-state index >= 15 is 0 Å². The number of alkyl halides is 2. The fourth-order valence-electron chi connectivity index (χ4n) is 3.48. The maximum absolute atomic E-state index is 13.2. The number of hydrogen-bond donors (Lipinski definition) is 1. The van der Waals surface area contributed by atoms with Crippen LogP contribution in [0.3, 0.4) is 0 Å². The lowest BCUT2D eigenvalue weighted by Crippen LogP contribution is -2.15. The van der Waals surface area contributed by atoms with Crippen molar-refractivity contribution < 1.29 is 18.3 Å². The smallest absolute Gasteiger partial charge is 0.387 e. The molecule has 0 bridgehead atoms. The first kappa shape index (κ1) is 20.5. The Morgan fingerprint density at radius 1 is 1.13 bits per heavy atom. The monoisotopic (exact) mass is 422 g/mol. The predicted molar refractivity (Wildman–Crippen MR) is 114 cm³/mol. The Morgan fingerprint density at radius 2 is 1.90 bits per heavy atom. The lowest BCUT2D eigenvalue weighted by atomic mass is 10.0. The van der Waals surface area contributed by atoms with E-state index in [4.69, 9.17) is 0 Å². The summed E-state index contributed by atoms with van der Waals surface area (Å²) < 4.78 is 31.8. The first-order valence-electron chi connectivity index (χ1n) is 9.59. The lowest BCUT2D eigenvalue weighted by molar-refractivity contribution is -0.0493. The number of nitrogens with one attached hydrogen (secondary N) is 1. The summed E-state index contributed by atoms with van der Waals surface area (Å²) in [6.45, 7) is 0.667. The van der Waals surface area contributed by atoms with Gasteiger partial charge in [-0.25, -0.2) is 4.98 Å². The van der Waals surface area contributed by atoms with Crippen molar-refractivity contribution in [1.29, 1.82) is 0 Å². The molecule has 31 heavy (non-hydrogen) atoms. The largest absolute Gasteiger partial charge is 0.433 e. The second kappa shape index (κ2) is 8.14. The third kappa shape index (κ3) is 4.23. The van der Waals surface area contributed by atoms with Crippen LogP contribution in [0.4, 0.5) is 14.5 Å². The summed E-state index contributed by atoms with van der Waals surface area (Å²) in [5.74, 6) is -0.554. The third-order valence-corrected chi connectivity index (χ3v) is 4.85. The van der Waals surface area contributed by atoms with Crippen LogP contribution in [0.25, 0.3) is 22.2 Å². The van der Waals surface area contributed by atoms with E-state index < -0.39 is 12.5 Å². The van der Waals surface area contributed by atoms with Crippen molar-refractivity contribution in [3.05, 3.63) is 71.5 Å². The highest BCUT2D eigenvalue weighted by atomic mass is 19.3. The molecule has 6 nitrogen and oxygen atoms in total. The van der Waals surface area contributed by atoms with E-state index in [-0.39, 0.29) is 11.4 Å². The summed E-state index contributed by atoms with van der Waals surface area (Å²) in [6, 6.07) is 13.6. The maximum Gasteiger partial charge on any atom is 0.387 e. The van der Waals surface area contributed by atoms with Gasteiger partial charge in [0.2, 0.25) is 0 Å². The predicted octanol–water partition coefficient (Wildman–Crippen LogP) is 5.11. The number of aromatic nitrogens is 3. The molecule has 158 valence electrons. The van der Waals surface area contributed by atoms with Crippen LogP contribution in [0.2, 0.25) is 0 Å². The minimum Gasteiger partial charge on any atom is -0.433 e. The fourth-order valence-corrected chi connectivity index (χ4v) is 3.48. The van der Waals surface area contributed by atoms with Gasteiger partial charge in [0, 0.05) is 24.2 Å². The molecule has 4 rings (SSSR count). The van der Waals surface area contributed by atoms with Gasteiger partial charge in [0.15, 0.2) is 0 Å². The first-order valence-corrected chi connectivity index (χ1v) is 9.59. The molecular formula is C23H20F2N4O2. The minimum absolute atomic E-state index is 0.101. The maximum atomic E-state index is 13.2. The van der Waals surface area contributed by atoms with Crippen molar-refractivity contribution in [3.8, 4) is 17.0 Å². The van der Waals surface area contributed by atoms with Crippen LogP contribution in [-0.4, -0.2) is 27.3 Å². The quantitative estimate of drug-likeness (QED) is 0.486. The van der Waals surface area contributed by atoms with Crippen LogP contribution < -0.4 is 10.1 Å². The molecule has 1 N–H and O–H groups in total. The number of fused-ring (bicyclic) bond motifs is 1. The van der Waals surface area contributed by atoms with Crippen molar-refractivity contribution in [3.63, 3.8) is 0 Å². The van der Waals surface area contributed by atoms with E-state index in [1.54, 1.807) is 35.9 Å². The zero-order chi connectivity index (χ0) is 22.1. The third-order valence-electron chi connectivity index (χ3n) is 4.85. The number of carbonyl (C=O) groups is 1. The Balaban J connectivity index is 1.80. The van der Waals surface area contributed by atoms with E-state index in [9.17, 15) is 13.6 Å². The molecule has 0 aliphatic carbocycles. The minimum atomic E-state index is -3.00. The zero-order valence-electron chi connectivity index (χ0n) is 17.2. The number of benzene rings is 2. The van der Waals surface area contributed by atoms with Crippen molar-refractivity contribution in [1.82, 2.24) is 14.8 Å². The Kier molecular flexibility index (Phi) is 5.37. The highest BCUT2D eigenvalue weighted by Crippen LogP contribution is 2.30. The van der Waals surface area contributed by atoms with Crippen LogP contribution in [-0.2, 0) is 7.05 Å². The molecule has 0 saturated heterocycles. The number of pyridine rings is 1. The van der Waals surface area contributed by atoms with Crippen molar-refractivity contribution in [2.24, 2.45) is 7.05 Å². The van der Waals surface area contributed by atoms with Gasteiger partial charge < -0.3 is 10.1 Å². The number of amides is 1. The number of rotatable bonds is 5. The molecule has 0 aliphatic heterocycles. The highest BCUT2D eigenvalue weighted by molar-refractivity contribution is 6.13. The van der Waals surface area contributed by atoms with Gasteiger partial charge in [-0.05, 0) is 43.7 Å². The topological polar surface area (TPSA) is 69.0 Å². The Labute approximate surface area is 177 Å². The Bertz CT molecular complexity index is 1280. The number of halogens is 2. The molecule has 1 amide bonds. The van der Waals surface area contributed by atoms with Gasteiger partial charge in [-0.3, -0.25) is 9.48 Å². The van der Waals surface area contributed by atoms with E-state index in [1.165, 1.54) is 6.07 Å². The number of anilines is 1. The molecule has 0 aliphatic rings. The van der Waals surface area contributed by atoms with Crippen LogP contribution in [0.1, 0.15) is 21.6 Å². The van der Waals surface area contributed by atoms with Crippen molar-refractivity contribution in [2.75, 3.05) is 5.32 Å². The first-order chi connectivity index (χ1) is 14.8. The average Bonchev–Trinajstić information content (AvgIpc) is 3.07. The second-order valence-corrected chi connectivity index (χ2v) is 7.21. The van der Waals surface area contributed by atoms with Gasteiger partial charge in [-0.2, -0.15) is 13.9 Å². The number of para-hydroxylation sites is 1. The standard InChI is InChI=1S/C23H20F2N4O2/c1-13-8-9-21(31-23(24)25)20(10-13)27-22(30)16-11-19(17-12-29(3)28-14(17)2)26-18-7-5-4-6-15(16)18/h4-12,23H,1-3H3,(H,27,30).